The summed E-state index contributed by atoms with van der Waals surface area (Å²) in [5, 5.41) is 0. The minimum atomic E-state index is 0.693. The van der Waals surface area contributed by atoms with E-state index in [1.807, 2.05) is 19.1 Å². The highest BCUT2D eigenvalue weighted by Gasteiger charge is 2.09. The van der Waals surface area contributed by atoms with Crippen molar-refractivity contribution in [2.75, 3.05) is 39.5 Å². The molecule has 1 aromatic carbocycles. The lowest BCUT2D eigenvalue weighted by molar-refractivity contribution is 0.0358. The first kappa shape index (κ1) is 14.0. The number of ether oxygens (including phenoxy) is 2. The van der Waals surface area contributed by atoms with Crippen molar-refractivity contribution >= 4 is 6.29 Å². The first-order valence-electron chi connectivity index (χ1n) is 6.78. The SMILES string of the molecule is Cc1cc(C=O)ccc1OCCCN1CCOCC1. The molecule has 0 N–H and O–H groups in total. The molecule has 0 aromatic heterocycles. The maximum atomic E-state index is 10.6. The van der Waals surface area contributed by atoms with Gasteiger partial charge in [-0.2, -0.15) is 0 Å². The molecule has 2 rings (SSSR count). The molecule has 19 heavy (non-hydrogen) atoms. The summed E-state index contributed by atoms with van der Waals surface area (Å²) in [6.07, 6.45) is 1.87. The van der Waals surface area contributed by atoms with Gasteiger partial charge < -0.3 is 9.47 Å². The van der Waals surface area contributed by atoms with Crippen molar-refractivity contribution in [2.24, 2.45) is 0 Å². The average Bonchev–Trinajstić information content (AvgIpc) is 2.46. The minimum Gasteiger partial charge on any atom is -0.493 e. The minimum absolute atomic E-state index is 0.693. The molecule has 4 heteroatoms. The van der Waals surface area contributed by atoms with Gasteiger partial charge in [0.2, 0.25) is 0 Å². The molecule has 104 valence electrons. The fraction of sp³-hybridized carbons (Fsp3) is 0.533. The smallest absolute Gasteiger partial charge is 0.150 e. The zero-order valence-electron chi connectivity index (χ0n) is 11.4. The first-order chi connectivity index (χ1) is 9.29. The quantitative estimate of drug-likeness (QED) is 0.580. The van der Waals surface area contributed by atoms with E-state index < -0.39 is 0 Å². The van der Waals surface area contributed by atoms with E-state index in [4.69, 9.17) is 9.47 Å². The number of hydrogen-bond donors (Lipinski definition) is 0. The Labute approximate surface area is 114 Å². The summed E-state index contributed by atoms with van der Waals surface area (Å²) in [5.74, 6) is 0.868. The Hall–Kier alpha value is -1.39. The summed E-state index contributed by atoms with van der Waals surface area (Å²) >= 11 is 0. The molecular weight excluding hydrogens is 242 g/mol. The van der Waals surface area contributed by atoms with Gasteiger partial charge in [0.15, 0.2) is 0 Å². The number of carbonyl (C=O) groups excluding carboxylic acids is 1. The third-order valence-electron chi connectivity index (χ3n) is 3.32. The molecule has 0 radical (unpaired) electrons. The Kier molecular flexibility index (Phi) is 5.36. The molecule has 4 nitrogen and oxygen atoms in total. The van der Waals surface area contributed by atoms with E-state index in [0.29, 0.717) is 12.2 Å². The number of aryl methyl sites for hydroxylation is 1. The van der Waals surface area contributed by atoms with E-state index in [0.717, 1.165) is 56.9 Å². The molecule has 0 bridgehead atoms. The zero-order valence-corrected chi connectivity index (χ0v) is 11.4. The largest absolute Gasteiger partial charge is 0.493 e. The second-order valence-corrected chi connectivity index (χ2v) is 4.80. The van der Waals surface area contributed by atoms with Crippen molar-refractivity contribution in [3.8, 4) is 5.75 Å². The van der Waals surface area contributed by atoms with Crippen LogP contribution in [0.5, 0.6) is 5.75 Å². The van der Waals surface area contributed by atoms with Crippen LogP contribution in [0.1, 0.15) is 22.3 Å². The van der Waals surface area contributed by atoms with Gasteiger partial charge in [0, 0.05) is 25.2 Å². The molecule has 0 spiro atoms. The Balaban J connectivity index is 1.71. The van der Waals surface area contributed by atoms with Crippen molar-refractivity contribution < 1.29 is 14.3 Å². The number of aldehydes is 1. The summed E-state index contributed by atoms with van der Waals surface area (Å²) in [6.45, 7) is 7.44. The van der Waals surface area contributed by atoms with E-state index in [1.165, 1.54) is 0 Å². The van der Waals surface area contributed by atoms with Crippen LogP contribution in [-0.4, -0.2) is 50.6 Å². The van der Waals surface area contributed by atoms with Crippen LogP contribution in [-0.2, 0) is 4.74 Å². The highest BCUT2D eigenvalue weighted by Crippen LogP contribution is 2.18. The number of benzene rings is 1. The van der Waals surface area contributed by atoms with Crippen LogP contribution in [0.2, 0.25) is 0 Å². The molecule has 1 aromatic rings. The van der Waals surface area contributed by atoms with Gasteiger partial charge in [-0.1, -0.05) is 0 Å². The monoisotopic (exact) mass is 263 g/mol. The molecule has 1 aliphatic rings. The summed E-state index contributed by atoms with van der Waals surface area (Å²) in [4.78, 5) is 13.0. The number of hydrogen-bond acceptors (Lipinski definition) is 4. The predicted molar refractivity (Wildman–Crippen MR) is 73.9 cm³/mol. The van der Waals surface area contributed by atoms with Gasteiger partial charge in [-0.25, -0.2) is 0 Å². The lowest BCUT2D eigenvalue weighted by Gasteiger charge is -2.26. The van der Waals surface area contributed by atoms with Crippen molar-refractivity contribution in [1.82, 2.24) is 4.90 Å². The topological polar surface area (TPSA) is 38.8 Å². The molecule has 1 aliphatic heterocycles. The Morgan fingerprint density at radius 2 is 2.16 bits per heavy atom. The van der Waals surface area contributed by atoms with E-state index >= 15 is 0 Å². The fourth-order valence-electron chi connectivity index (χ4n) is 2.20. The maximum absolute atomic E-state index is 10.6. The van der Waals surface area contributed by atoms with Gasteiger partial charge in [0.05, 0.1) is 19.8 Å². The summed E-state index contributed by atoms with van der Waals surface area (Å²) in [7, 11) is 0. The normalized spacial score (nSPS) is 16.3. The Morgan fingerprint density at radius 1 is 1.37 bits per heavy atom. The number of carbonyl (C=O) groups is 1. The molecule has 0 saturated carbocycles. The summed E-state index contributed by atoms with van der Waals surface area (Å²) < 4.78 is 11.1. The van der Waals surface area contributed by atoms with Crippen LogP contribution < -0.4 is 4.74 Å². The van der Waals surface area contributed by atoms with E-state index in [9.17, 15) is 4.79 Å². The lowest BCUT2D eigenvalue weighted by atomic mass is 10.1. The summed E-state index contributed by atoms with van der Waals surface area (Å²) in [6, 6.07) is 5.51. The number of morpholine rings is 1. The van der Waals surface area contributed by atoms with Crippen LogP contribution in [0, 0.1) is 6.92 Å². The molecule has 0 aliphatic carbocycles. The van der Waals surface area contributed by atoms with Crippen LogP contribution in [0.4, 0.5) is 0 Å². The molecule has 1 saturated heterocycles. The third-order valence-corrected chi connectivity index (χ3v) is 3.32. The van der Waals surface area contributed by atoms with Crippen LogP contribution >= 0.6 is 0 Å². The summed E-state index contributed by atoms with van der Waals surface area (Å²) in [5.41, 5.74) is 1.70. The molecule has 1 fully saturated rings. The van der Waals surface area contributed by atoms with Crippen molar-refractivity contribution in [3.63, 3.8) is 0 Å². The van der Waals surface area contributed by atoms with Gasteiger partial charge >= 0.3 is 0 Å². The van der Waals surface area contributed by atoms with Crippen LogP contribution in [0.3, 0.4) is 0 Å². The Bertz CT molecular complexity index is 414. The number of rotatable bonds is 6. The number of nitrogens with zero attached hydrogens (tertiary/aromatic N) is 1. The van der Waals surface area contributed by atoms with Gasteiger partial charge in [-0.05, 0) is 37.1 Å². The van der Waals surface area contributed by atoms with Crippen molar-refractivity contribution in [1.29, 1.82) is 0 Å². The highest BCUT2D eigenvalue weighted by atomic mass is 16.5. The molecule has 1 heterocycles. The maximum Gasteiger partial charge on any atom is 0.150 e. The molecule has 0 atom stereocenters. The lowest BCUT2D eigenvalue weighted by Crippen LogP contribution is -2.37. The molecule has 0 amide bonds. The van der Waals surface area contributed by atoms with Gasteiger partial charge in [0.1, 0.15) is 12.0 Å². The van der Waals surface area contributed by atoms with Crippen LogP contribution in [0.15, 0.2) is 18.2 Å². The zero-order chi connectivity index (χ0) is 13.5. The van der Waals surface area contributed by atoms with E-state index in [-0.39, 0.29) is 0 Å². The highest BCUT2D eigenvalue weighted by molar-refractivity contribution is 5.75. The average molecular weight is 263 g/mol. The molecular formula is C15H21NO3. The third kappa shape index (κ3) is 4.33. The van der Waals surface area contributed by atoms with Crippen molar-refractivity contribution in [3.05, 3.63) is 29.3 Å². The van der Waals surface area contributed by atoms with Crippen molar-refractivity contribution in [2.45, 2.75) is 13.3 Å². The fourth-order valence-corrected chi connectivity index (χ4v) is 2.20. The second-order valence-electron chi connectivity index (χ2n) is 4.80. The van der Waals surface area contributed by atoms with Gasteiger partial charge in [-0.15, -0.1) is 0 Å². The second kappa shape index (κ2) is 7.26. The Morgan fingerprint density at radius 3 is 2.84 bits per heavy atom. The van der Waals surface area contributed by atoms with Crippen LogP contribution in [0.25, 0.3) is 0 Å². The van der Waals surface area contributed by atoms with Gasteiger partial charge in [-0.3, -0.25) is 9.69 Å². The first-order valence-corrected chi connectivity index (χ1v) is 6.78. The molecule has 0 unspecified atom stereocenters. The van der Waals surface area contributed by atoms with E-state index in [1.54, 1.807) is 6.07 Å². The standard InChI is InChI=1S/C15H21NO3/c1-13-11-14(12-17)3-4-15(13)19-8-2-5-16-6-9-18-10-7-16/h3-4,11-12H,2,5-10H2,1H3. The predicted octanol–water partition coefficient (Wildman–Crippen LogP) is 1.91. The van der Waals surface area contributed by atoms with E-state index in [2.05, 4.69) is 4.90 Å². The van der Waals surface area contributed by atoms with Gasteiger partial charge in [0.25, 0.3) is 0 Å².